The summed E-state index contributed by atoms with van der Waals surface area (Å²) >= 11 is 0. The van der Waals surface area contributed by atoms with E-state index in [1.807, 2.05) is 6.92 Å². The molecule has 0 nitrogen and oxygen atoms in total. The molecule has 1 saturated carbocycles. The van der Waals surface area contributed by atoms with Crippen molar-refractivity contribution in [2.75, 3.05) is 0 Å². The quantitative estimate of drug-likeness (QED) is 0.562. The fraction of sp³-hybridized carbons (Fsp3) is 0.619. The second-order valence-electron chi connectivity index (χ2n) is 6.81. The van der Waals surface area contributed by atoms with Crippen LogP contribution in [-0.4, -0.2) is 0 Å². The van der Waals surface area contributed by atoms with Crippen LogP contribution in [0.1, 0.15) is 76.3 Å². The van der Waals surface area contributed by atoms with Crippen molar-refractivity contribution >= 4 is 0 Å². The third kappa shape index (κ3) is 5.34. The van der Waals surface area contributed by atoms with Crippen LogP contribution in [0.4, 0.5) is 8.78 Å². The molecule has 0 bridgehead atoms. The van der Waals surface area contributed by atoms with E-state index in [1.54, 1.807) is 0 Å². The number of hydrogen-bond donors (Lipinski definition) is 0. The molecule has 1 aromatic rings. The molecule has 23 heavy (non-hydrogen) atoms. The van der Waals surface area contributed by atoms with E-state index in [-0.39, 0.29) is 5.56 Å². The van der Waals surface area contributed by atoms with Gasteiger partial charge in [-0.15, -0.1) is 0 Å². The molecule has 0 N–H and O–H groups in total. The number of aryl methyl sites for hydroxylation is 1. The molecule has 0 aromatic heterocycles. The highest BCUT2D eigenvalue weighted by Gasteiger charge is 2.19. The first-order valence-electron chi connectivity index (χ1n) is 9.13. The van der Waals surface area contributed by atoms with Crippen molar-refractivity contribution in [1.82, 2.24) is 0 Å². The molecule has 0 aliphatic heterocycles. The van der Waals surface area contributed by atoms with Crippen LogP contribution in [0, 0.1) is 35.3 Å². The molecule has 0 radical (unpaired) electrons. The predicted octanol–water partition coefficient (Wildman–Crippen LogP) is 6.27. The van der Waals surface area contributed by atoms with Crippen LogP contribution < -0.4 is 0 Å². The van der Waals surface area contributed by atoms with E-state index < -0.39 is 11.6 Å². The number of rotatable bonds is 5. The first kappa shape index (κ1) is 18.0. The Bertz CT molecular complexity index is 534. The van der Waals surface area contributed by atoms with E-state index in [1.165, 1.54) is 44.2 Å². The van der Waals surface area contributed by atoms with Gasteiger partial charge in [0.1, 0.15) is 11.6 Å². The van der Waals surface area contributed by atoms with Crippen LogP contribution in [0.5, 0.6) is 0 Å². The Hall–Kier alpha value is -1.36. The Morgan fingerprint density at radius 2 is 1.65 bits per heavy atom. The van der Waals surface area contributed by atoms with Crippen LogP contribution in [0.15, 0.2) is 12.1 Å². The van der Waals surface area contributed by atoms with Crippen LogP contribution in [0.3, 0.4) is 0 Å². The van der Waals surface area contributed by atoms with Crippen molar-refractivity contribution in [1.29, 1.82) is 0 Å². The lowest BCUT2D eigenvalue weighted by Gasteiger charge is -2.25. The maximum Gasteiger partial charge on any atom is 0.142 e. The first-order chi connectivity index (χ1) is 11.1. The highest BCUT2D eigenvalue weighted by atomic mass is 19.1. The van der Waals surface area contributed by atoms with E-state index in [0.717, 1.165) is 25.2 Å². The Morgan fingerprint density at radius 3 is 2.22 bits per heavy atom. The molecule has 1 aromatic carbocycles. The minimum Gasteiger partial charge on any atom is -0.206 e. The minimum absolute atomic E-state index is 0.0574. The summed E-state index contributed by atoms with van der Waals surface area (Å²) in [6.07, 6.45) is 10.0. The molecular formula is C21H28F2. The summed E-state index contributed by atoms with van der Waals surface area (Å²) < 4.78 is 28.1. The predicted molar refractivity (Wildman–Crippen MR) is 92.2 cm³/mol. The summed E-state index contributed by atoms with van der Waals surface area (Å²) in [5.41, 5.74) is 0.655. The molecule has 0 atom stereocenters. The van der Waals surface area contributed by atoms with Crippen molar-refractivity contribution in [3.05, 3.63) is 34.9 Å². The van der Waals surface area contributed by atoms with Gasteiger partial charge >= 0.3 is 0 Å². The lowest BCUT2D eigenvalue weighted by atomic mass is 9.80. The van der Waals surface area contributed by atoms with Crippen LogP contribution >= 0.6 is 0 Å². The van der Waals surface area contributed by atoms with Crippen molar-refractivity contribution in [2.24, 2.45) is 11.8 Å². The minimum atomic E-state index is -0.516. The van der Waals surface area contributed by atoms with E-state index in [9.17, 15) is 8.78 Å². The molecule has 126 valence electrons. The average Bonchev–Trinajstić information content (AvgIpc) is 2.53. The highest BCUT2D eigenvalue weighted by Crippen LogP contribution is 2.31. The second kappa shape index (κ2) is 9.06. The summed E-state index contributed by atoms with van der Waals surface area (Å²) in [6, 6.07) is 2.86. The monoisotopic (exact) mass is 318 g/mol. The largest absolute Gasteiger partial charge is 0.206 e. The second-order valence-corrected chi connectivity index (χ2v) is 6.81. The van der Waals surface area contributed by atoms with E-state index in [0.29, 0.717) is 17.9 Å². The smallest absolute Gasteiger partial charge is 0.142 e. The molecule has 1 fully saturated rings. The van der Waals surface area contributed by atoms with Crippen molar-refractivity contribution < 1.29 is 8.78 Å². The lowest BCUT2D eigenvalue weighted by molar-refractivity contribution is 0.296. The molecule has 1 aliphatic carbocycles. The zero-order valence-corrected chi connectivity index (χ0v) is 14.4. The van der Waals surface area contributed by atoms with Gasteiger partial charge in [-0.1, -0.05) is 51.4 Å². The third-order valence-electron chi connectivity index (χ3n) is 4.85. The topological polar surface area (TPSA) is 0 Å². The third-order valence-corrected chi connectivity index (χ3v) is 4.85. The zero-order valence-electron chi connectivity index (χ0n) is 14.4. The van der Waals surface area contributed by atoms with Gasteiger partial charge in [-0.3, -0.25) is 0 Å². The molecule has 0 spiro atoms. The highest BCUT2D eigenvalue weighted by molar-refractivity contribution is 5.39. The molecule has 0 saturated heterocycles. The summed E-state index contributed by atoms with van der Waals surface area (Å²) in [6.45, 7) is 4.23. The molecular weight excluding hydrogens is 290 g/mol. The van der Waals surface area contributed by atoms with Gasteiger partial charge in [0, 0.05) is 5.92 Å². The van der Waals surface area contributed by atoms with Gasteiger partial charge in [0.25, 0.3) is 0 Å². The zero-order chi connectivity index (χ0) is 16.7. The molecule has 1 aliphatic rings. The van der Waals surface area contributed by atoms with Gasteiger partial charge in [-0.05, 0) is 55.7 Å². The molecule has 0 amide bonds. The van der Waals surface area contributed by atoms with Gasteiger partial charge in [-0.2, -0.15) is 0 Å². The number of halogens is 2. The summed E-state index contributed by atoms with van der Waals surface area (Å²) in [4.78, 5) is 0. The fourth-order valence-electron chi connectivity index (χ4n) is 3.44. The molecule has 0 heterocycles. The Labute approximate surface area is 139 Å². The van der Waals surface area contributed by atoms with E-state index in [2.05, 4.69) is 18.8 Å². The van der Waals surface area contributed by atoms with Gasteiger partial charge in [-0.25, -0.2) is 8.78 Å². The Balaban J connectivity index is 1.97. The van der Waals surface area contributed by atoms with Crippen LogP contribution in [-0.2, 0) is 6.42 Å². The van der Waals surface area contributed by atoms with Crippen molar-refractivity contribution in [2.45, 2.75) is 71.6 Å². The summed E-state index contributed by atoms with van der Waals surface area (Å²) in [5.74, 6) is 5.99. The molecule has 2 rings (SSSR count). The maximum atomic E-state index is 14.0. The summed E-state index contributed by atoms with van der Waals surface area (Å²) in [7, 11) is 0. The lowest BCUT2D eigenvalue weighted by Crippen LogP contribution is -2.13. The standard InChI is InChI=1S/C21H28F2/c1-3-5-7-16-8-10-17(11-9-16)12-13-19-20(22)14-18(6-4-2)15-21(19)23/h14-17H,3-11H2,1-2H3/t16-,17-. The fourth-order valence-corrected chi connectivity index (χ4v) is 3.44. The van der Waals surface area contributed by atoms with Crippen molar-refractivity contribution in [3.8, 4) is 11.8 Å². The summed E-state index contributed by atoms with van der Waals surface area (Å²) in [5, 5.41) is 0. The first-order valence-corrected chi connectivity index (χ1v) is 9.13. The van der Waals surface area contributed by atoms with Crippen LogP contribution in [0.2, 0.25) is 0 Å². The van der Waals surface area contributed by atoms with Crippen molar-refractivity contribution in [3.63, 3.8) is 0 Å². The van der Waals surface area contributed by atoms with E-state index >= 15 is 0 Å². The normalized spacial score (nSPS) is 20.9. The number of hydrogen-bond acceptors (Lipinski definition) is 0. The Kier molecular flexibility index (Phi) is 7.09. The SMILES string of the molecule is CCCC[C@H]1CC[C@H](C#Cc2c(F)cc(CCC)cc2F)CC1. The van der Waals surface area contributed by atoms with Crippen LogP contribution in [0.25, 0.3) is 0 Å². The van der Waals surface area contributed by atoms with E-state index in [4.69, 9.17) is 0 Å². The number of unbranched alkanes of at least 4 members (excludes halogenated alkanes) is 1. The maximum absolute atomic E-state index is 14.0. The Morgan fingerprint density at radius 1 is 1.00 bits per heavy atom. The van der Waals surface area contributed by atoms with Gasteiger partial charge in [0.2, 0.25) is 0 Å². The van der Waals surface area contributed by atoms with Gasteiger partial charge < -0.3 is 0 Å². The molecule has 2 heteroatoms. The average molecular weight is 318 g/mol. The van der Waals surface area contributed by atoms with Gasteiger partial charge in [0.15, 0.2) is 0 Å². The number of benzene rings is 1. The molecule has 0 unspecified atom stereocenters. The van der Waals surface area contributed by atoms with Gasteiger partial charge in [0.05, 0.1) is 5.56 Å².